The molecular formula is C16H14F3N3O2. The van der Waals surface area contributed by atoms with Crippen molar-refractivity contribution in [3.63, 3.8) is 0 Å². The minimum atomic E-state index is -4.68. The minimum absolute atomic E-state index is 0.0126. The first kappa shape index (κ1) is 15.2. The predicted octanol–water partition coefficient (Wildman–Crippen LogP) is 3.54. The van der Waals surface area contributed by atoms with Crippen LogP contribution in [0.25, 0.3) is 11.5 Å². The van der Waals surface area contributed by atoms with E-state index in [-0.39, 0.29) is 17.8 Å². The average molecular weight is 337 g/mol. The maximum Gasteiger partial charge on any atom is 0.470 e. The highest BCUT2D eigenvalue weighted by atomic mass is 19.4. The summed E-state index contributed by atoms with van der Waals surface area (Å²) in [5.41, 5.74) is 1.30. The second kappa shape index (κ2) is 4.58. The van der Waals surface area contributed by atoms with Crippen molar-refractivity contribution in [2.24, 2.45) is 0 Å². The number of benzene rings is 1. The van der Waals surface area contributed by atoms with E-state index in [1.165, 1.54) is 0 Å². The van der Waals surface area contributed by atoms with E-state index in [4.69, 9.17) is 4.42 Å². The largest absolute Gasteiger partial charge is 0.470 e. The Kier molecular flexibility index (Phi) is 2.90. The number of hydrogen-bond donors (Lipinski definition) is 0. The molecule has 1 saturated carbocycles. The lowest BCUT2D eigenvalue weighted by atomic mass is 9.86. The first-order valence-electron chi connectivity index (χ1n) is 7.59. The third kappa shape index (κ3) is 2.12. The number of carbonyl (C=O) groups is 1. The van der Waals surface area contributed by atoms with Crippen LogP contribution in [0.5, 0.6) is 0 Å². The summed E-state index contributed by atoms with van der Waals surface area (Å²) >= 11 is 0. The monoisotopic (exact) mass is 337 g/mol. The fourth-order valence-electron chi connectivity index (χ4n) is 3.07. The van der Waals surface area contributed by atoms with E-state index in [1.807, 2.05) is 13.8 Å². The van der Waals surface area contributed by atoms with Gasteiger partial charge in [0.1, 0.15) is 0 Å². The topological polar surface area (TPSA) is 59.2 Å². The zero-order valence-corrected chi connectivity index (χ0v) is 13.0. The molecule has 2 aromatic rings. The highest BCUT2D eigenvalue weighted by Crippen LogP contribution is 2.47. The Hall–Kier alpha value is -2.38. The van der Waals surface area contributed by atoms with Crippen molar-refractivity contribution >= 4 is 11.6 Å². The maximum atomic E-state index is 12.7. The second-order valence-corrected chi connectivity index (χ2v) is 6.67. The van der Waals surface area contributed by atoms with Gasteiger partial charge in [-0.05, 0) is 44.4 Å². The van der Waals surface area contributed by atoms with Gasteiger partial charge in [0.15, 0.2) is 0 Å². The summed E-state index contributed by atoms with van der Waals surface area (Å²) in [5.74, 6) is -1.58. The highest BCUT2D eigenvalue weighted by molar-refractivity contribution is 6.08. The van der Waals surface area contributed by atoms with E-state index in [2.05, 4.69) is 10.2 Å². The van der Waals surface area contributed by atoms with Crippen molar-refractivity contribution in [2.45, 2.75) is 44.3 Å². The number of amides is 1. The molecule has 1 aromatic heterocycles. The standard InChI is InChI=1S/C16H14F3N3O2/c1-15(2)10-6-3-8(12-20-21-13(24-12)16(17,18)19)7-11(10)22(14(15)23)9-4-5-9/h3,6-7,9H,4-5H2,1-2H3. The Labute approximate surface area is 135 Å². The van der Waals surface area contributed by atoms with Crippen molar-refractivity contribution in [3.05, 3.63) is 29.7 Å². The number of alkyl halides is 3. The van der Waals surface area contributed by atoms with Crippen LogP contribution in [0.1, 0.15) is 38.1 Å². The Morgan fingerprint density at radius 2 is 1.96 bits per heavy atom. The summed E-state index contributed by atoms with van der Waals surface area (Å²) in [7, 11) is 0. The molecule has 5 nitrogen and oxygen atoms in total. The Morgan fingerprint density at radius 1 is 1.25 bits per heavy atom. The van der Waals surface area contributed by atoms with Gasteiger partial charge in [0.2, 0.25) is 11.8 Å². The fraction of sp³-hybridized carbons (Fsp3) is 0.438. The smallest absolute Gasteiger partial charge is 0.413 e. The van der Waals surface area contributed by atoms with Gasteiger partial charge in [0, 0.05) is 17.3 Å². The molecule has 0 spiro atoms. The number of fused-ring (bicyclic) bond motifs is 1. The molecule has 4 rings (SSSR count). The van der Waals surface area contributed by atoms with Gasteiger partial charge < -0.3 is 9.32 Å². The number of anilines is 1. The van der Waals surface area contributed by atoms with Crippen molar-refractivity contribution in [1.82, 2.24) is 10.2 Å². The van der Waals surface area contributed by atoms with Crippen molar-refractivity contribution in [2.75, 3.05) is 4.90 Å². The van der Waals surface area contributed by atoms with E-state index in [9.17, 15) is 18.0 Å². The minimum Gasteiger partial charge on any atom is -0.413 e. The Morgan fingerprint density at radius 3 is 2.54 bits per heavy atom. The highest BCUT2D eigenvalue weighted by Gasteiger charge is 2.49. The van der Waals surface area contributed by atoms with E-state index < -0.39 is 17.5 Å². The van der Waals surface area contributed by atoms with E-state index in [0.717, 1.165) is 24.1 Å². The van der Waals surface area contributed by atoms with Crippen LogP contribution >= 0.6 is 0 Å². The first-order valence-corrected chi connectivity index (χ1v) is 7.59. The predicted molar refractivity (Wildman–Crippen MR) is 78.3 cm³/mol. The van der Waals surface area contributed by atoms with Gasteiger partial charge in [0.05, 0.1) is 5.41 Å². The molecule has 1 aliphatic carbocycles. The maximum absolute atomic E-state index is 12.7. The fourth-order valence-corrected chi connectivity index (χ4v) is 3.07. The van der Waals surface area contributed by atoms with Crippen LogP contribution in [-0.2, 0) is 16.4 Å². The number of rotatable bonds is 2. The van der Waals surface area contributed by atoms with Gasteiger partial charge in [-0.2, -0.15) is 13.2 Å². The van der Waals surface area contributed by atoms with Gasteiger partial charge in [-0.15, -0.1) is 10.2 Å². The van der Waals surface area contributed by atoms with Gasteiger partial charge in [0.25, 0.3) is 0 Å². The average Bonchev–Trinajstić information content (AvgIpc) is 3.15. The molecule has 0 unspecified atom stereocenters. The third-order valence-corrected chi connectivity index (χ3v) is 4.51. The molecule has 0 N–H and O–H groups in total. The molecule has 1 fully saturated rings. The van der Waals surface area contributed by atoms with Gasteiger partial charge in [-0.1, -0.05) is 6.07 Å². The molecule has 0 atom stereocenters. The van der Waals surface area contributed by atoms with Gasteiger partial charge >= 0.3 is 12.1 Å². The van der Waals surface area contributed by atoms with E-state index in [0.29, 0.717) is 5.56 Å². The first-order chi connectivity index (χ1) is 11.2. The quantitative estimate of drug-likeness (QED) is 0.841. The number of halogens is 3. The lowest BCUT2D eigenvalue weighted by Crippen LogP contribution is -2.37. The van der Waals surface area contributed by atoms with Crippen LogP contribution in [0.15, 0.2) is 22.6 Å². The molecule has 126 valence electrons. The number of carbonyl (C=O) groups excluding carboxylic acids is 1. The summed E-state index contributed by atoms with van der Waals surface area (Å²) in [6.07, 6.45) is -2.81. The van der Waals surface area contributed by atoms with Crippen LogP contribution in [0.4, 0.5) is 18.9 Å². The SMILES string of the molecule is CC1(C)C(=O)N(C2CC2)c2cc(-c3nnc(C(F)(F)F)o3)ccc21. The van der Waals surface area contributed by atoms with Crippen molar-refractivity contribution < 1.29 is 22.4 Å². The van der Waals surface area contributed by atoms with Crippen molar-refractivity contribution in [1.29, 1.82) is 0 Å². The molecule has 2 aliphatic rings. The van der Waals surface area contributed by atoms with Gasteiger partial charge in [-0.3, -0.25) is 4.79 Å². The Balaban J connectivity index is 1.79. The summed E-state index contributed by atoms with van der Waals surface area (Å²) in [4.78, 5) is 14.4. The Bertz CT molecular complexity index is 837. The molecule has 0 bridgehead atoms. The molecule has 0 radical (unpaired) electrons. The zero-order valence-electron chi connectivity index (χ0n) is 13.0. The van der Waals surface area contributed by atoms with Crippen LogP contribution < -0.4 is 4.90 Å². The zero-order chi connectivity index (χ0) is 17.3. The molecule has 1 amide bonds. The summed E-state index contributed by atoms with van der Waals surface area (Å²) in [6.45, 7) is 3.70. The number of nitrogens with zero attached hydrogens (tertiary/aromatic N) is 3. The third-order valence-electron chi connectivity index (χ3n) is 4.51. The van der Waals surface area contributed by atoms with Crippen LogP contribution in [0.2, 0.25) is 0 Å². The van der Waals surface area contributed by atoms with Crippen LogP contribution in [0, 0.1) is 0 Å². The second-order valence-electron chi connectivity index (χ2n) is 6.67. The van der Waals surface area contributed by atoms with Gasteiger partial charge in [-0.25, -0.2) is 0 Å². The molecule has 24 heavy (non-hydrogen) atoms. The molecule has 1 aliphatic heterocycles. The number of aromatic nitrogens is 2. The summed E-state index contributed by atoms with van der Waals surface area (Å²) in [5, 5.41) is 6.52. The molecule has 1 aromatic carbocycles. The van der Waals surface area contributed by atoms with E-state index >= 15 is 0 Å². The summed E-state index contributed by atoms with van der Waals surface area (Å²) in [6, 6.07) is 5.19. The molecule has 8 heteroatoms. The van der Waals surface area contributed by atoms with Crippen LogP contribution in [-0.4, -0.2) is 22.1 Å². The molecular weight excluding hydrogens is 323 g/mol. The summed E-state index contributed by atoms with van der Waals surface area (Å²) < 4.78 is 42.6. The lowest BCUT2D eigenvalue weighted by Gasteiger charge is -2.19. The van der Waals surface area contributed by atoms with Crippen molar-refractivity contribution in [3.8, 4) is 11.5 Å². The molecule has 0 saturated heterocycles. The normalized spacial score (nSPS) is 19.7. The van der Waals surface area contributed by atoms with Crippen LogP contribution in [0.3, 0.4) is 0 Å². The lowest BCUT2D eigenvalue weighted by molar-refractivity contribution is -0.156. The molecule has 2 heterocycles. The van der Waals surface area contributed by atoms with E-state index in [1.54, 1.807) is 23.1 Å². The number of hydrogen-bond acceptors (Lipinski definition) is 4.